The standard InChI is InChI=1S/C10H8ClN3/c11-8-4-2-1-3-7(8)9-5-6-13-10(12)14-9/h1-6H,(H2,12,13,14). The van der Waals surface area contributed by atoms with Crippen molar-refractivity contribution in [3.63, 3.8) is 0 Å². The van der Waals surface area contributed by atoms with Gasteiger partial charge in [0.25, 0.3) is 0 Å². The minimum absolute atomic E-state index is 0.252. The SMILES string of the molecule is Nc1nccc(-c2ccccc2Cl)n1. The van der Waals surface area contributed by atoms with Gasteiger partial charge in [0.1, 0.15) is 0 Å². The van der Waals surface area contributed by atoms with Crippen LogP contribution in [0.15, 0.2) is 36.5 Å². The van der Waals surface area contributed by atoms with Crippen LogP contribution in [0.5, 0.6) is 0 Å². The first-order valence-corrected chi connectivity index (χ1v) is 4.48. The number of aromatic nitrogens is 2. The second-order valence-electron chi connectivity index (χ2n) is 2.78. The van der Waals surface area contributed by atoms with E-state index in [2.05, 4.69) is 9.97 Å². The second-order valence-corrected chi connectivity index (χ2v) is 3.19. The van der Waals surface area contributed by atoms with E-state index in [0.717, 1.165) is 11.3 Å². The summed E-state index contributed by atoms with van der Waals surface area (Å²) in [6.45, 7) is 0. The van der Waals surface area contributed by atoms with E-state index in [-0.39, 0.29) is 5.95 Å². The first kappa shape index (κ1) is 8.97. The molecular formula is C10H8ClN3. The molecule has 1 aromatic carbocycles. The summed E-state index contributed by atoms with van der Waals surface area (Å²) in [5.74, 6) is 0.252. The van der Waals surface area contributed by atoms with E-state index in [1.807, 2.05) is 24.3 Å². The minimum Gasteiger partial charge on any atom is -0.368 e. The van der Waals surface area contributed by atoms with Gasteiger partial charge in [-0.1, -0.05) is 29.8 Å². The zero-order chi connectivity index (χ0) is 9.97. The molecule has 14 heavy (non-hydrogen) atoms. The van der Waals surface area contributed by atoms with Crippen LogP contribution in [0.3, 0.4) is 0 Å². The largest absolute Gasteiger partial charge is 0.368 e. The molecule has 0 aliphatic rings. The quantitative estimate of drug-likeness (QED) is 0.778. The van der Waals surface area contributed by atoms with Crippen LogP contribution in [0.2, 0.25) is 5.02 Å². The van der Waals surface area contributed by atoms with Crippen molar-refractivity contribution < 1.29 is 0 Å². The molecule has 2 rings (SSSR count). The molecule has 2 N–H and O–H groups in total. The normalized spacial score (nSPS) is 10.1. The summed E-state index contributed by atoms with van der Waals surface area (Å²) in [5.41, 5.74) is 7.08. The van der Waals surface area contributed by atoms with Gasteiger partial charge in [-0.25, -0.2) is 9.97 Å². The Labute approximate surface area is 86.6 Å². The summed E-state index contributed by atoms with van der Waals surface area (Å²) >= 11 is 6.01. The summed E-state index contributed by atoms with van der Waals surface area (Å²) in [6.07, 6.45) is 1.61. The molecule has 0 fully saturated rings. The first-order valence-electron chi connectivity index (χ1n) is 4.11. The Bertz CT molecular complexity index is 457. The van der Waals surface area contributed by atoms with Crippen molar-refractivity contribution in [2.45, 2.75) is 0 Å². The van der Waals surface area contributed by atoms with E-state index in [0.29, 0.717) is 5.02 Å². The molecule has 0 aliphatic heterocycles. The molecule has 0 saturated heterocycles. The number of rotatable bonds is 1. The van der Waals surface area contributed by atoms with Crippen molar-refractivity contribution in [1.82, 2.24) is 9.97 Å². The molecule has 1 aromatic heterocycles. The number of benzene rings is 1. The lowest BCUT2D eigenvalue weighted by atomic mass is 10.1. The maximum absolute atomic E-state index is 6.01. The van der Waals surface area contributed by atoms with Crippen LogP contribution in [-0.4, -0.2) is 9.97 Å². The van der Waals surface area contributed by atoms with Crippen LogP contribution in [-0.2, 0) is 0 Å². The Morgan fingerprint density at radius 1 is 1.14 bits per heavy atom. The summed E-state index contributed by atoms with van der Waals surface area (Å²) < 4.78 is 0. The van der Waals surface area contributed by atoms with Crippen LogP contribution in [0.25, 0.3) is 11.3 Å². The van der Waals surface area contributed by atoms with Gasteiger partial charge in [-0.2, -0.15) is 0 Å². The number of anilines is 1. The molecule has 0 amide bonds. The van der Waals surface area contributed by atoms with Gasteiger partial charge in [-0.15, -0.1) is 0 Å². The van der Waals surface area contributed by atoms with Gasteiger partial charge >= 0.3 is 0 Å². The molecule has 0 aliphatic carbocycles. The van der Waals surface area contributed by atoms with Gasteiger partial charge in [0.05, 0.1) is 5.69 Å². The van der Waals surface area contributed by atoms with Crippen molar-refractivity contribution in [3.05, 3.63) is 41.6 Å². The molecular weight excluding hydrogens is 198 g/mol. The second kappa shape index (κ2) is 3.64. The summed E-state index contributed by atoms with van der Waals surface area (Å²) in [4.78, 5) is 7.91. The number of nitrogens with zero attached hydrogens (tertiary/aromatic N) is 2. The zero-order valence-corrected chi connectivity index (χ0v) is 8.07. The Kier molecular flexibility index (Phi) is 2.33. The van der Waals surface area contributed by atoms with E-state index >= 15 is 0 Å². The molecule has 1 heterocycles. The maximum Gasteiger partial charge on any atom is 0.220 e. The van der Waals surface area contributed by atoms with Crippen LogP contribution in [0.4, 0.5) is 5.95 Å². The summed E-state index contributed by atoms with van der Waals surface area (Å²) in [5, 5.41) is 0.658. The van der Waals surface area contributed by atoms with Crippen molar-refractivity contribution >= 4 is 17.5 Å². The number of hydrogen-bond acceptors (Lipinski definition) is 3. The van der Waals surface area contributed by atoms with Crippen LogP contribution < -0.4 is 5.73 Å². The predicted octanol–water partition coefficient (Wildman–Crippen LogP) is 2.38. The van der Waals surface area contributed by atoms with Crippen LogP contribution in [0.1, 0.15) is 0 Å². The van der Waals surface area contributed by atoms with E-state index in [4.69, 9.17) is 17.3 Å². The number of halogens is 1. The third-order valence-electron chi connectivity index (χ3n) is 1.82. The number of nitrogen functional groups attached to an aromatic ring is 1. The number of hydrogen-bond donors (Lipinski definition) is 1. The third kappa shape index (κ3) is 1.67. The van der Waals surface area contributed by atoms with Crippen molar-refractivity contribution in [3.8, 4) is 11.3 Å². The smallest absolute Gasteiger partial charge is 0.220 e. The lowest BCUT2D eigenvalue weighted by Crippen LogP contribution is -1.95. The van der Waals surface area contributed by atoms with Gasteiger partial charge in [0, 0.05) is 16.8 Å². The molecule has 0 atom stereocenters. The Morgan fingerprint density at radius 3 is 2.64 bits per heavy atom. The number of nitrogens with two attached hydrogens (primary N) is 1. The molecule has 0 bridgehead atoms. The molecule has 0 saturated carbocycles. The molecule has 2 aromatic rings. The van der Waals surface area contributed by atoms with Crippen molar-refractivity contribution in [2.75, 3.05) is 5.73 Å². The van der Waals surface area contributed by atoms with Crippen LogP contribution >= 0.6 is 11.6 Å². The lowest BCUT2D eigenvalue weighted by Gasteiger charge is -2.02. The molecule has 4 heteroatoms. The third-order valence-corrected chi connectivity index (χ3v) is 2.15. The van der Waals surface area contributed by atoms with Gasteiger partial charge < -0.3 is 5.73 Å². The van der Waals surface area contributed by atoms with Crippen molar-refractivity contribution in [2.24, 2.45) is 0 Å². The van der Waals surface area contributed by atoms with Gasteiger partial charge in [-0.05, 0) is 12.1 Å². The van der Waals surface area contributed by atoms with Crippen molar-refractivity contribution in [1.29, 1.82) is 0 Å². The van der Waals surface area contributed by atoms with E-state index in [9.17, 15) is 0 Å². The van der Waals surface area contributed by atoms with E-state index in [1.165, 1.54) is 0 Å². The fourth-order valence-corrected chi connectivity index (χ4v) is 1.43. The van der Waals surface area contributed by atoms with E-state index < -0.39 is 0 Å². The minimum atomic E-state index is 0.252. The Morgan fingerprint density at radius 2 is 1.93 bits per heavy atom. The summed E-state index contributed by atoms with van der Waals surface area (Å²) in [7, 11) is 0. The Balaban J connectivity index is 2.55. The average Bonchev–Trinajstić information content (AvgIpc) is 2.18. The fraction of sp³-hybridized carbons (Fsp3) is 0. The lowest BCUT2D eigenvalue weighted by molar-refractivity contribution is 1.19. The highest BCUT2D eigenvalue weighted by atomic mass is 35.5. The zero-order valence-electron chi connectivity index (χ0n) is 7.31. The molecule has 0 radical (unpaired) electrons. The average molecular weight is 206 g/mol. The highest BCUT2D eigenvalue weighted by molar-refractivity contribution is 6.33. The van der Waals surface area contributed by atoms with Gasteiger partial charge in [-0.3, -0.25) is 0 Å². The molecule has 3 nitrogen and oxygen atoms in total. The predicted molar refractivity (Wildman–Crippen MR) is 56.9 cm³/mol. The first-order chi connectivity index (χ1) is 6.77. The highest BCUT2D eigenvalue weighted by Gasteiger charge is 2.03. The highest BCUT2D eigenvalue weighted by Crippen LogP contribution is 2.25. The van der Waals surface area contributed by atoms with Crippen LogP contribution in [0, 0.1) is 0 Å². The van der Waals surface area contributed by atoms with Gasteiger partial charge in [0.2, 0.25) is 5.95 Å². The maximum atomic E-state index is 6.01. The summed E-state index contributed by atoms with van der Waals surface area (Å²) in [6, 6.07) is 9.26. The molecule has 70 valence electrons. The van der Waals surface area contributed by atoms with E-state index in [1.54, 1.807) is 12.3 Å². The Hall–Kier alpha value is -1.61. The molecule has 0 spiro atoms. The fourth-order valence-electron chi connectivity index (χ4n) is 1.19. The van der Waals surface area contributed by atoms with Gasteiger partial charge in [0.15, 0.2) is 0 Å². The topological polar surface area (TPSA) is 51.8 Å². The monoisotopic (exact) mass is 205 g/mol. The molecule has 0 unspecified atom stereocenters.